The molecule has 3 heterocycles. The van der Waals surface area contributed by atoms with Crippen molar-refractivity contribution in [3.8, 4) is 17.0 Å². The van der Waals surface area contributed by atoms with Crippen LogP contribution in [-0.4, -0.2) is 52.5 Å². The molecule has 11 heteroatoms. The Balaban J connectivity index is 1.33. The van der Waals surface area contributed by atoms with E-state index >= 15 is 0 Å². The summed E-state index contributed by atoms with van der Waals surface area (Å²) in [4.78, 5) is 21.4. The number of hydrogen-bond donors (Lipinski definition) is 2. The first-order valence-corrected chi connectivity index (χ1v) is 11.3. The van der Waals surface area contributed by atoms with Gasteiger partial charge in [-0.15, -0.1) is 0 Å². The van der Waals surface area contributed by atoms with Gasteiger partial charge in [0.05, 0.1) is 43.1 Å². The number of rotatable bonds is 8. The first kappa shape index (κ1) is 23.6. The standard InChI is InChI=1S/C25H24F2N6O3/c1-33-23(15-3-4-22(35-2)20(27)5-15)17(10-31-33)9-28-24(34)16-6-19(26)18-11-30-25(32-21(18)7-16)29-8-14-12-36-13-14/h3-7,10-11,14H,8-9,12-13H2,1-2H3,(H,28,34)(H,29,30,32). The van der Waals surface area contributed by atoms with E-state index in [1.165, 1.54) is 31.5 Å². The fourth-order valence-corrected chi connectivity index (χ4v) is 4.02. The molecule has 1 saturated heterocycles. The minimum absolute atomic E-state index is 0.106. The Morgan fingerprint density at radius 1 is 1.19 bits per heavy atom. The first-order chi connectivity index (χ1) is 17.4. The van der Waals surface area contributed by atoms with Gasteiger partial charge in [0.2, 0.25) is 5.95 Å². The fourth-order valence-electron chi connectivity index (χ4n) is 4.02. The molecule has 1 aliphatic heterocycles. The number of aryl methyl sites for hydroxylation is 1. The van der Waals surface area contributed by atoms with Gasteiger partial charge in [-0.2, -0.15) is 5.10 Å². The number of hydrogen-bond acceptors (Lipinski definition) is 7. The van der Waals surface area contributed by atoms with Gasteiger partial charge in [-0.05, 0) is 30.3 Å². The SMILES string of the molecule is COc1ccc(-c2c(CNC(=O)c3cc(F)c4cnc(NCC5COC5)nc4c3)cnn2C)cc1F. The summed E-state index contributed by atoms with van der Waals surface area (Å²) in [5, 5.41) is 10.4. The van der Waals surface area contributed by atoms with Crippen LogP contribution in [0.25, 0.3) is 22.2 Å². The molecule has 36 heavy (non-hydrogen) atoms. The summed E-state index contributed by atoms with van der Waals surface area (Å²) < 4.78 is 40.7. The number of nitrogens with zero attached hydrogens (tertiary/aromatic N) is 4. The molecule has 1 fully saturated rings. The van der Waals surface area contributed by atoms with Crippen molar-refractivity contribution in [3.63, 3.8) is 0 Å². The van der Waals surface area contributed by atoms with E-state index in [1.807, 2.05) is 0 Å². The molecular weight excluding hydrogens is 470 g/mol. The summed E-state index contributed by atoms with van der Waals surface area (Å²) in [6.07, 6.45) is 2.99. The third-order valence-electron chi connectivity index (χ3n) is 6.05. The van der Waals surface area contributed by atoms with Crippen LogP contribution in [0, 0.1) is 17.6 Å². The number of aromatic nitrogens is 4. The number of benzene rings is 2. The number of anilines is 1. The molecule has 2 N–H and O–H groups in total. The quantitative estimate of drug-likeness (QED) is 0.387. The van der Waals surface area contributed by atoms with Gasteiger partial charge in [0.15, 0.2) is 11.6 Å². The lowest BCUT2D eigenvalue weighted by atomic mass is 10.1. The third kappa shape index (κ3) is 4.69. The minimum Gasteiger partial charge on any atom is -0.494 e. The van der Waals surface area contributed by atoms with Crippen molar-refractivity contribution in [2.45, 2.75) is 6.54 Å². The van der Waals surface area contributed by atoms with Gasteiger partial charge in [-0.1, -0.05) is 0 Å². The molecule has 4 aromatic rings. The lowest BCUT2D eigenvalue weighted by molar-refractivity contribution is -0.0249. The van der Waals surface area contributed by atoms with E-state index in [0.717, 1.165) is 6.07 Å². The number of ether oxygens (including phenoxy) is 2. The van der Waals surface area contributed by atoms with Crippen molar-refractivity contribution in [2.75, 3.05) is 32.2 Å². The van der Waals surface area contributed by atoms with Gasteiger partial charge in [-0.3, -0.25) is 9.48 Å². The van der Waals surface area contributed by atoms with E-state index < -0.39 is 17.5 Å². The van der Waals surface area contributed by atoms with E-state index in [2.05, 4.69) is 25.7 Å². The molecule has 0 spiro atoms. The molecule has 0 radical (unpaired) electrons. The summed E-state index contributed by atoms with van der Waals surface area (Å²) >= 11 is 0. The second kappa shape index (κ2) is 9.86. The van der Waals surface area contributed by atoms with Gasteiger partial charge < -0.3 is 20.1 Å². The third-order valence-corrected chi connectivity index (χ3v) is 6.05. The van der Waals surface area contributed by atoms with Crippen LogP contribution in [0.4, 0.5) is 14.7 Å². The average Bonchev–Trinajstić information content (AvgIpc) is 3.21. The summed E-state index contributed by atoms with van der Waals surface area (Å²) in [6.45, 7) is 2.13. The lowest BCUT2D eigenvalue weighted by Crippen LogP contribution is -2.33. The Morgan fingerprint density at radius 3 is 2.75 bits per heavy atom. The van der Waals surface area contributed by atoms with Crippen molar-refractivity contribution in [1.29, 1.82) is 0 Å². The minimum atomic E-state index is -0.590. The van der Waals surface area contributed by atoms with E-state index in [9.17, 15) is 13.6 Å². The van der Waals surface area contributed by atoms with E-state index in [0.29, 0.717) is 54.0 Å². The Kier molecular flexibility index (Phi) is 6.47. The van der Waals surface area contributed by atoms with Crippen molar-refractivity contribution in [1.82, 2.24) is 25.1 Å². The van der Waals surface area contributed by atoms with Crippen molar-refractivity contribution < 1.29 is 23.0 Å². The zero-order chi connectivity index (χ0) is 25.2. The lowest BCUT2D eigenvalue weighted by Gasteiger charge is -2.25. The molecule has 0 atom stereocenters. The highest BCUT2D eigenvalue weighted by Gasteiger charge is 2.19. The highest BCUT2D eigenvalue weighted by atomic mass is 19.1. The van der Waals surface area contributed by atoms with Crippen molar-refractivity contribution in [3.05, 3.63) is 65.5 Å². The van der Waals surface area contributed by atoms with Gasteiger partial charge in [0, 0.05) is 48.9 Å². The first-order valence-electron chi connectivity index (χ1n) is 11.3. The van der Waals surface area contributed by atoms with Gasteiger partial charge in [0.25, 0.3) is 5.91 Å². The van der Waals surface area contributed by atoms with Crippen LogP contribution in [0.15, 0.2) is 42.7 Å². The number of carbonyl (C=O) groups is 1. The number of amides is 1. The van der Waals surface area contributed by atoms with E-state index in [-0.39, 0.29) is 23.2 Å². The number of methoxy groups -OCH3 is 1. The van der Waals surface area contributed by atoms with Crippen LogP contribution >= 0.6 is 0 Å². The molecule has 2 aromatic heterocycles. The monoisotopic (exact) mass is 494 g/mol. The van der Waals surface area contributed by atoms with Gasteiger partial charge >= 0.3 is 0 Å². The molecule has 0 saturated carbocycles. The Hall–Kier alpha value is -4.12. The maximum atomic E-state index is 14.7. The normalized spacial score (nSPS) is 13.4. The van der Waals surface area contributed by atoms with Crippen molar-refractivity contribution in [2.24, 2.45) is 13.0 Å². The summed E-state index contributed by atoms with van der Waals surface area (Å²) in [7, 11) is 3.12. The number of nitrogens with one attached hydrogen (secondary N) is 2. The van der Waals surface area contributed by atoms with Crippen molar-refractivity contribution >= 4 is 22.8 Å². The van der Waals surface area contributed by atoms with Crippen LogP contribution in [0.5, 0.6) is 5.75 Å². The molecule has 1 aliphatic rings. The zero-order valence-electron chi connectivity index (χ0n) is 19.7. The van der Waals surface area contributed by atoms with Crippen LogP contribution in [-0.2, 0) is 18.3 Å². The molecule has 0 aliphatic carbocycles. The molecular formula is C25H24F2N6O3. The van der Waals surface area contributed by atoms with E-state index in [4.69, 9.17) is 9.47 Å². The fraction of sp³-hybridized carbons (Fsp3) is 0.280. The largest absolute Gasteiger partial charge is 0.494 e. The van der Waals surface area contributed by atoms with Gasteiger partial charge in [-0.25, -0.2) is 18.7 Å². The van der Waals surface area contributed by atoms with Crippen LogP contribution in [0.3, 0.4) is 0 Å². The highest BCUT2D eigenvalue weighted by molar-refractivity contribution is 5.98. The molecule has 186 valence electrons. The Bertz CT molecular complexity index is 1440. The predicted molar refractivity (Wildman–Crippen MR) is 129 cm³/mol. The molecule has 0 unspecified atom stereocenters. The maximum Gasteiger partial charge on any atom is 0.251 e. The second-order valence-electron chi connectivity index (χ2n) is 8.54. The summed E-state index contributed by atoms with van der Waals surface area (Å²) in [6, 6.07) is 7.28. The smallest absolute Gasteiger partial charge is 0.251 e. The summed E-state index contributed by atoms with van der Waals surface area (Å²) in [5.41, 5.74) is 2.34. The second-order valence-corrected chi connectivity index (χ2v) is 8.54. The Labute approximate surface area is 205 Å². The molecule has 5 rings (SSSR count). The highest BCUT2D eigenvalue weighted by Crippen LogP contribution is 2.28. The predicted octanol–water partition coefficient (Wildman–Crippen LogP) is 3.31. The average molecular weight is 495 g/mol. The molecule has 9 nitrogen and oxygen atoms in total. The van der Waals surface area contributed by atoms with Crippen LogP contribution < -0.4 is 15.4 Å². The summed E-state index contributed by atoms with van der Waals surface area (Å²) in [5.74, 6) is -0.690. The van der Waals surface area contributed by atoms with Crippen LogP contribution in [0.1, 0.15) is 15.9 Å². The molecule has 2 aromatic carbocycles. The zero-order valence-corrected chi connectivity index (χ0v) is 19.7. The topological polar surface area (TPSA) is 103 Å². The van der Waals surface area contributed by atoms with Crippen LogP contribution in [0.2, 0.25) is 0 Å². The Morgan fingerprint density at radius 2 is 2.03 bits per heavy atom. The number of fused-ring (bicyclic) bond motifs is 1. The number of halogens is 2. The maximum absolute atomic E-state index is 14.7. The van der Waals surface area contributed by atoms with Gasteiger partial charge in [0.1, 0.15) is 5.82 Å². The van der Waals surface area contributed by atoms with E-state index in [1.54, 1.807) is 24.0 Å². The molecule has 1 amide bonds. The molecule has 0 bridgehead atoms. The number of carbonyl (C=O) groups excluding carboxylic acids is 1.